The number of aliphatic hydroxyl groups excluding tert-OH is 1. The van der Waals surface area contributed by atoms with Crippen molar-refractivity contribution in [1.29, 1.82) is 0 Å². The Morgan fingerprint density at radius 2 is 2.62 bits per heavy atom. The van der Waals surface area contributed by atoms with Gasteiger partial charge in [-0.05, 0) is 5.71 Å². The highest BCUT2D eigenvalue weighted by atomic mass is 16.3. The summed E-state index contributed by atoms with van der Waals surface area (Å²) in [5, 5.41) is 8.45. The van der Waals surface area contributed by atoms with Gasteiger partial charge in [-0.3, -0.25) is 4.99 Å². The van der Waals surface area contributed by atoms with Gasteiger partial charge >= 0.3 is 0 Å². The van der Waals surface area contributed by atoms with E-state index in [1.807, 2.05) is 0 Å². The molecule has 1 rings (SSSR count). The quantitative estimate of drug-likeness (QED) is 0.357. The van der Waals surface area contributed by atoms with Crippen molar-refractivity contribution in [1.82, 2.24) is 0 Å². The van der Waals surface area contributed by atoms with Crippen LogP contribution in [0.5, 0.6) is 0 Å². The number of rotatable bonds is 1. The second kappa shape index (κ2) is 1.88. The van der Waals surface area contributed by atoms with Crippen LogP contribution >= 0.6 is 0 Å². The molecule has 1 aliphatic rings. The normalized spacial score (nSPS) is 17.1. The van der Waals surface area contributed by atoms with E-state index in [2.05, 4.69) is 11.7 Å². The summed E-state index contributed by atoms with van der Waals surface area (Å²) in [6.45, 7) is 6.73. The van der Waals surface area contributed by atoms with Gasteiger partial charge in [0.25, 0.3) is 0 Å². The second-order valence-corrected chi connectivity index (χ2v) is 1.54. The molecule has 0 bridgehead atoms. The van der Waals surface area contributed by atoms with Crippen molar-refractivity contribution >= 4 is 12.4 Å². The summed E-state index contributed by atoms with van der Waals surface area (Å²) < 4.78 is 1.55. The van der Waals surface area contributed by atoms with Crippen molar-refractivity contribution in [3.8, 4) is 0 Å². The first-order valence-electron chi connectivity index (χ1n) is 2.27. The van der Waals surface area contributed by atoms with E-state index in [9.17, 15) is 0 Å². The van der Waals surface area contributed by atoms with Crippen LogP contribution in [0.3, 0.4) is 0 Å². The molecule has 0 fully saturated rings. The molecule has 44 valence electrons. The molecule has 0 aliphatic carbocycles. The first-order valence-corrected chi connectivity index (χ1v) is 2.27. The van der Waals surface area contributed by atoms with Crippen molar-refractivity contribution in [3.63, 3.8) is 0 Å². The van der Waals surface area contributed by atoms with Gasteiger partial charge in [-0.25, -0.2) is 0 Å². The van der Waals surface area contributed by atoms with E-state index in [0.29, 0.717) is 5.71 Å². The Balaban J connectivity index is 2.49. The van der Waals surface area contributed by atoms with E-state index in [1.165, 1.54) is 0 Å². The molecule has 3 nitrogen and oxygen atoms in total. The molecular formula is C5H7N2O-. The monoisotopic (exact) mass is 111 g/mol. The zero-order chi connectivity index (χ0) is 5.98. The Bertz CT molecular complexity index is 139. The maximum absolute atomic E-state index is 8.45. The van der Waals surface area contributed by atoms with Crippen molar-refractivity contribution in [2.45, 2.75) is 0 Å². The Kier molecular flexibility index (Phi) is 1.22. The van der Waals surface area contributed by atoms with Gasteiger partial charge in [-0.15, -0.1) is 13.3 Å². The number of hydrogen-bond acceptors (Lipinski definition) is 2. The van der Waals surface area contributed by atoms with Crippen LogP contribution in [-0.4, -0.2) is 28.7 Å². The van der Waals surface area contributed by atoms with E-state index < -0.39 is 0 Å². The highest BCUT2D eigenvalue weighted by Gasteiger charge is 1.96. The molecule has 0 aromatic heterocycles. The topological polar surface area (TPSA) is 35.6 Å². The molecule has 0 saturated heterocycles. The predicted molar refractivity (Wildman–Crippen MR) is 30.5 cm³/mol. The van der Waals surface area contributed by atoms with Crippen LogP contribution in [0.15, 0.2) is 4.99 Å². The highest BCUT2D eigenvalue weighted by Crippen LogP contribution is 1.99. The third-order valence-electron chi connectivity index (χ3n) is 0.849. The number of aliphatic hydroxyl groups is 1. The molecule has 0 unspecified atom stereocenters. The smallest absolute Gasteiger partial charge is 0.105 e. The zero-order valence-electron chi connectivity index (χ0n) is 4.41. The lowest BCUT2D eigenvalue weighted by molar-refractivity contribution is -0.416. The Morgan fingerprint density at radius 3 is 2.88 bits per heavy atom. The van der Waals surface area contributed by atoms with E-state index in [0.717, 1.165) is 0 Å². The highest BCUT2D eigenvalue weighted by molar-refractivity contribution is 5.93. The number of nitrogens with zero attached hydrogens (tertiary/aromatic N) is 2. The summed E-state index contributed by atoms with van der Waals surface area (Å²) in [6.07, 6.45) is 0. The van der Waals surface area contributed by atoms with Crippen LogP contribution in [0, 0.1) is 13.2 Å². The molecule has 1 N–H and O–H groups in total. The van der Waals surface area contributed by atoms with Gasteiger partial charge in [0.05, 0.1) is 0 Å². The van der Waals surface area contributed by atoms with E-state index >= 15 is 0 Å². The van der Waals surface area contributed by atoms with E-state index in [4.69, 9.17) is 5.11 Å². The third-order valence-corrected chi connectivity index (χ3v) is 0.849. The molecule has 0 radical (unpaired) electrons. The molecule has 0 aromatic rings. The van der Waals surface area contributed by atoms with Gasteiger partial charge in [0.2, 0.25) is 0 Å². The third kappa shape index (κ3) is 0.816. The molecule has 0 spiro atoms. The summed E-state index contributed by atoms with van der Waals surface area (Å²) in [6, 6.07) is 0. The van der Waals surface area contributed by atoms with Crippen molar-refractivity contribution in [2.24, 2.45) is 4.99 Å². The molecule has 1 heterocycles. The van der Waals surface area contributed by atoms with Crippen LogP contribution in [0.1, 0.15) is 0 Å². The van der Waals surface area contributed by atoms with Gasteiger partial charge in [0, 0.05) is 6.61 Å². The van der Waals surface area contributed by atoms with Crippen LogP contribution in [-0.2, 0) is 0 Å². The standard InChI is InChI=1S/C5H7N2O/c1-7-2-5(3-8)6-4-7/h2,4,8H,1,3H2/q-1. The molecule has 0 atom stereocenters. The van der Waals surface area contributed by atoms with Crippen LogP contribution < -0.4 is 0 Å². The lowest BCUT2D eigenvalue weighted by Gasteiger charge is -2.04. The average Bonchev–Trinajstić information content (AvgIpc) is 2.14. The molecule has 1 aliphatic heterocycles. The van der Waals surface area contributed by atoms with Gasteiger partial charge in [0.15, 0.2) is 0 Å². The Hall–Kier alpha value is -0.960. The van der Waals surface area contributed by atoms with Gasteiger partial charge in [0.1, 0.15) is 6.67 Å². The molecule has 0 saturated carbocycles. The lowest BCUT2D eigenvalue weighted by Crippen LogP contribution is -2.04. The summed E-state index contributed by atoms with van der Waals surface area (Å²) >= 11 is 0. The molecule has 0 aromatic carbocycles. The van der Waals surface area contributed by atoms with Crippen LogP contribution in [0.25, 0.3) is 0 Å². The fourth-order valence-electron chi connectivity index (χ4n) is 0.488. The largest absolute Gasteiger partial charge is 0.466 e. The fraction of sp³-hybridized carbons (Fsp3) is 0.200. The SMILES string of the molecule is C=[N+]1[CH-]N=C(CO)[CH-]1. The van der Waals surface area contributed by atoms with Crippen LogP contribution in [0.2, 0.25) is 0 Å². The number of aliphatic imine (C=N–C) groups is 1. The van der Waals surface area contributed by atoms with E-state index in [-0.39, 0.29) is 6.61 Å². The first kappa shape index (κ1) is 5.18. The minimum atomic E-state index is -0.0114. The molecular weight excluding hydrogens is 104 g/mol. The predicted octanol–water partition coefficient (Wildman–Crippen LogP) is -0.573. The van der Waals surface area contributed by atoms with Gasteiger partial charge in [-0.1, -0.05) is 0 Å². The average molecular weight is 111 g/mol. The minimum absolute atomic E-state index is 0.0114. The Labute approximate surface area is 48.0 Å². The molecule has 8 heavy (non-hydrogen) atoms. The lowest BCUT2D eigenvalue weighted by atomic mass is 10.4. The maximum atomic E-state index is 8.45. The first-order chi connectivity index (χ1) is 3.83. The second-order valence-electron chi connectivity index (χ2n) is 1.54. The van der Waals surface area contributed by atoms with Crippen molar-refractivity contribution < 1.29 is 9.68 Å². The van der Waals surface area contributed by atoms with Crippen molar-refractivity contribution in [2.75, 3.05) is 6.61 Å². The maximum Gasteiger partial charge on any atom is 0.105 e. The molecule has 3 heteroatoms. The van der Waals surface area contributed by atoms with Crippen molar-refractivity contribution in [3.05, 3.63) is 13.2 Å². The van der Waals surface area contributed by atoms with E-state index in [1.54, 1.807) is 17.8 Å². The van der Waals surface area contributed by atoms with Gasteiger partial charge in [-0.2, -0.15) is 0 Å². The zero-order valence-corrected chi connectivity index (χ0v) is 4.41. The number of hydrogen-bond donors (Lipinski definition) is 1. The fourth-order valence-corrected chi connectivity index (χ4v) is 0.488. The summed E-state index contributed by atoms with van der Waals surface area (Å²) in [7, 11) is 0. The summed E-state index contributed by atoms with van der Waals surface area (Å²) in [5.74, 6) is 0. The Morgan fingerprint density at radius 1 is 1.88 bits per heavy atom. The minimum Gasteiger partial charge on any atom is -0.466 e. The molecule has 0 amide bonds. The van der Waals surface area contributed by atoms with Crippen LogP contribution in [0.4, 0.5) is 0 Å². The summed E-state index contributed by atoms with van der Waals surface area (Å²) in [4.78, 5) is 3.78. The summed E-state index contributed by atoms with van der Waals surface area (Å²) in [5.41, 5.74) is 0.653. The van der Waals surface area contributed by atoms with Gasteiger partial charge < -0.3 is 9.68 Å².